The minimum atomic E-state index is -0.210. The van der Waals surface area contributed by atoms with Crippen molar-refractivity contribution in [3.05, 3.63) is 35.3 Å². The zero-order chi connectivity index (χ0) is 15.6. The zero-order valence-electron chi connectivity index (χ0n) is 13.0. The Morgan fingerprint density at radius 1 is 1.33 bits per heavy atom. The predicted octanol–water partition coefficient (Wildman–Crippen LogP) is 2.47. The second-order valence-electron chi connectivity index (χ2n) is 5.18. The number of carbonyl (C=O) groups excluding carboxylic acids is 1. The summed E-state index contributed by atoms with van der Waals surface area (Å²) in [6.45, 7) is 7.63. The largest absolute Gasteiger partial charge is 0.475 e. The van der Waals surface area contributed by atoms with Crippen LogP contribution >= 0.6 is 0 Å². The fraction of sp³-hybridized carbons (Fsp3) is 0.400. The molecule has 0 fully saturated rings. The average molecular weight is 288 g/mol. The van der Waals surface area contributed by atoms with Crippen LogP contribution in [-0.4, -0.2) is 26.8 Å². The zero-order valence-corrected chi connectivity index (χ0v) is 13.0. The summed E-state index contributed by atoms with van der Waals surface area (Å²) in [7, 11) is 1.84. The second-order valence-corrected chi connectivity index (χ2v) is 5.18. The monoisotopic (exact) mass is 288 g/mol. The van der Waals surface area contributed by atoms with E-state index in [1.165, 1.54) is 6.20 Å². The lowest BCUT2D eigenvalue weighted by atomic mass is 10.2. The maximum atomic E-state index is 12.2. The topological polar surface area (TPSA) is 69.0 Å². The molecule has 0 unspecified atom stereocenters. The van der Waals surface area contributed by atoms with Gasteiger partial charge in [-0.15, -0.1) is 0 Å². The van der Waals surface area contributed by atoms with Crippen molar-refractivity contribution in [1.29, 1.82) is 0 Å². The Kier molecular flexibility index (Phi) is 4.26. The van der Waals surface area contributed by atoms with Crippen molar-refractivity contribution in [3.8, 4) is 5.88 Å². The number of rotatable bonds is 4. The summed E-state index contributed by atoms with van der Waals surface area (Å²) in [5, 5.41) is 7.14. The number of hydrogen-bond acceptors (Lipinski definition) is 4. The molecular formula is C15H20N4O2. The first-order chi connectivity index (χ1) is 9.88. The SMILES string of the molecule is Cc1nn(C)c(C)c1NC(=O)c1ccc(OC(C)C)nc1. The molecule has 6 nitrogen and oxygen atoms in total. The molecule has 1 amide bonds. The quantitative estimate of drug-likeness (QED) is 0.938. The van der Waals surface area contributed by atoms with Gasteiger partial charge in [0.2, 0.25) is 5.88 Å². The summed E-state index contributed by atoms with van der Waals surface area (Å²) in [6, 6.07) is 3.39. The van der Waals surface area contributed by atoms with Gasteiger partial charge in [0.25, 0.3) is 5.91 Å². The molecule has 0 aliphatic rings. The van der Waals surface area contributed by atoms with Gasteiger partial charge < -0.3 is 10.1 Å². The van der Waals surface area contributed by atoms with Crippen LogP contribution in [0, 0.1) is 13.8 Å². The normalized spacial score (nSPS) is 10.8. The molecule has 0 radical (unpaired) electrons. The highest BCUT2D eigenvalue weighted by Gasteiger charge is 2.14. The van der Waals surface area contributed by atoms with E-state index in [1.807, 2.05) is 34.7 Å². The van der Waals surface area contributed by atoms with E-state index in [-0.39, 0.29) is 12.0 Å². The van der Waals surface area contributed by atoms with E-state index in [4.69, 9.17) is 4.74 Å². The molecule has 0 aliphatic carbocycles. The van der Waals surface area contributed by atoms with Crippen LogP contribution in [0.4, 0.5) is 5.69 Å². The van der Waals surface area contributed by atoms with E-state index in [2.05, 4.69) is 15.4 Å². The minimum absolute atomic E-state index is 0.0536. The smallest absolute Gasteiger partial charge is 0.257 e. The first-order valence-corrected chi connectivity index (χ1v) is 6.82. The molecule has 21 heavy (non-hydrogen) atoms. The van der Waals surface area contributed by atoms with Crippen molar-refractivity contribution in [1.82, 2.24) is 14.8 Å². The number of ether oxygens (including phenoxy) is 1. The third-order valence-corrected chi connectivity index (χ3v) is 3.10. The first kappa shape index (κ1) is 15.0. The molecular weight excluding hydrogens is 268 g/mol. The van der Waals surface area contributed by atoms with E-state index in [0.717, 1.165) is 17.1 Å². The number of amides is 1. The van der Waals surface area contributed by atoms with Crippen molar-refractivity contribution in [2.24, 2.45) is 7.05 Å². The van der Waals surface area contributed by atoms with Gasteiger partial charge in [-0.1, -0.05) is 0 Å². The molecule has 2 aromatic heterocycles. The number of nitrogens with one attached hydrogen (secondary N) is 1. The fourth-order valence-corrected chi connectivity index (χ4v) is 1.97. The number of aryl methyl sites for hydroxylation is 2. The molecule has 0 aromatic carbocycles. The summed E-state index contributed by atoms with van der Waals surface area (Å²) in [4.78, 5) is 16.4. The van der Waals surface area contributed by atoms with Gasteiger partial charge in [0.05, 0.1) is 28.7 Å². The summed E-state index contributed by atoms with van der Waals surface area (Å²) in [6.07, 6.45) is 1.56. The van der Waals surface area contributed by atoms with Crippen molar-refractivity contribution in [2.45, 2.75) is 33.8 Å². The maximum absolute atomic E-state index is 12.2. The molecule has 112 valence electrons. The number of anilines is 1. The van der Waals surface area contributed by atoms with Crippen LogP contribution in [-0.2, 0) is 7.05 Å². The lowest BCUT2D eigenvalue weighted by Crippen LogP contribution is -2.14. The van der Waals surface area contributed by atoms with Crippen LogP contribution in [0.3, 0.4) is 0 Å². The Morgan fingerprint density at radius 3 is 2.52 bits per heavy atom. The molecule has 0 atom stereocenters. The number of aromatic nitrogens is 3. The Bertz CT molecular complexity index is 644. The van der Waals surface area contributed by atoms with Crippen LogP contribution in [0.25, 0.3) is 0 Å². The lowest BCUT2D eigenvalue weighted by molar-refractivity contribution is 0.102. The van der Waals surface area contributed by atoms with Gasteiger partial charge in [0, 0.05) is 19.3 Å². The van der Waals surface area contributed by atoms with Crippen LogP contribution in [0.15, 0.2) is 18.3 Å². The van der Waals surface area contributed by atoms with Gasteiger partial charge in [0.1, 0.15) is 0 Å². The van der Waals surface area contributed by atoms with Gasteiger partial charge in [-0.2, -0.15) is 5.10 Å². The van der Waals surface area contributed by atoms with Gasteiger partial charge in [-0.25, -0.2) is 4.98 Å². The molecule has 2 aromatic rings. The molecule has 2 heterocycles. The Morgan fingerprint density at radius 2 is 2.05 bits per heavy atom. The Balaban J connectivity index is 2.13. The van der Waals surface area contributed by atoms with Gasteiger partial charge in [-0.05, 0) is 33.8 Å². The third-order valence-electron chi connectivity index (χ3n) is 3.10. The molecule has 2 rings (SSSR count). The highest BCUT2D eigenvalue weighted by Crippen LogP contribution is 2.19. The van der Waals surface area contributed by atoms with Crippen LogP contribution in [0.1, 0.15) is 35.6 Å². The first-order valence-electron chi connectivity index (χ1n) is 6.82. The van der Waals surface area contributed by atoms with Crippen LogP contribution < -0.4 is 10.1 Å². The van der Waals surface area contributed by atoms with E-state index < -0.39 is 0 Å². The van der Waals surface area contributed by atoms with Gasteiger partial charge in [0.15, 0.2) is 0 Å². The van der Waals surface area contributed by atoms with Crippen molar-refractivity contribution in [2.75, 3.05) is 5.32 Å². The number of carbonyl (C=O) groups is 1. The van der Waals surface area contributed by atoms with Crippen LogP contribution in [0.2, 0.25) is 0 Å². The van der Waals surface area contributed by atoms with Gasteiger partial charge in [-0.3, -0.25) is 9.48 Å². The summed E-state index contributed by atoms with van der Waals surface area (Å²) in [5.74, 6) is 0.299. The third kappa shape index (κ3) is 3.39. The average Bonchev–Trinajstić information content (AvgIpc) is 2.65. The summed E-state index contributed by atoms with van der Waals surface area (Å²) in [5.41, 5.74) is 2.92. The molecule has 0 saturated carbocycles. The molecule has 0 spiro atoms. The van der Waals surface area contributed by atoms with Crippen LogP contribution in [0.5, 0.6) is 5.88 Å². The number of pyridine rings is 1. The Labute approximate surface area is 124 Å². The molecule has 0 saturated heterocycles. The van der Waals surface area contributed by atoms with E-state index >= 15 is 0 Å². The standard InChI is InChI=1S/C15H20N4O2/c1-9(2)21-13-7-6-12(8-16-13)15(20)17-14-10(3)18-19(5)11(14)4/h6-9H,1-5H3,(H,17,20). The number of nitrogens with zero attached hydrogens (tertiary/aromatic N) is 3. The second kappa shape index (κ2) is 5.95. The highest BCUT2D eigenvalue weighted by atomic mass is 16.5. The van der Waals surface area contributed by atoms with Gasteiger partial charge >= 0.3 is 0 Å². The summed E-state index contributed by atoms with van der Waals surface area (Å²) < 4.78 is 7.19. The van der Waals surface area contributed by atoms with Crippen molar-refractivity contribution < 1.29 is 9.53 Å². The summed E-state index contributed by atoms with van der Waals surface area (Å²) >= 11 is 0. The molecule has 0 aliphatic heterocycles. The van der Waals surface area contributed by atoms with E-state index in [1.54, 1.807) is 16.8 Å². The lowest BCUT2D eigenvalue weighted by Gasteiger charge is -2.09. The fourth-order valence-electron chi connectivity index (χ4n) is 1.97. The van der Waals surface area contributed by atoms with Crippen molar-refractivity contribution >= 4 is 11.6 Å². The molecule has 0 bridgehead atoms. The maximum Gasteiger partial charge on any atom is 0.257 e. The number of hydrogen-bond donors (Lipinski definition) is 1. The van der Waals surface area contributed by atoms with Crippen molar-refractivity contribution in [3.63, 3.8) is 0 Å². The van der Waals surface area contributed by atoms with E-state index in [9.17, 15) is 4.79 Å². The predicted molar refractivity (Wildman–Crippen MR) is 80.6 cm³/mol. The van der Waals surface area contributed by atoms with E-state index in [0.29, 0.717) is 11.4 Å². The molecule has 6 heteroatoms. The minimum Gasteiger partial charge on any atom is -0.475 e. The molecule has 1 N–H and O–H groups in total. The Hall–Kier alpha value is -2.37. The highest BCUT2D eigenvalue weighted by molar-refractivity contribution is 6.04.